The van der Waals surface area contributed by atoms with Gasteiger partial charge in [-0.2, -0.15) is 0 Å². The van der Waals surface area contributed by atoms with E-state index in [0.29, 0.717) is 13.0 Å². The maximum atomic E-state index is 10.5. The molecule has 1 fully saturated rings. The highest BCUT2D eigenvalue weighted by Gasteiger charge is 2.42. The Morgan fingerprint density at radius 2 is 2.69 bits per heavy atom. The summed E-state index contributed by atoms with van der Waals surface area (Å²) in [7, 11) is 0. The van der Waals surface area contributed by atoms with Crippen LogP contribution in [0.4, 0.5) is 5.69 Å². The fraction of sp³-hybridized carbons (Fsp3) is 0.600. The number of aryl methyl sites for hydroxylation is 1. The third-order valence-corrected chi connectivity index (χ3v) is 2.53. The molecule has 0 aliphatic carbocycles. The Bertz CT molecular complexity index is 484. The largest absolute Gasteiger partial charge is 0.466 e. The Morgan fingerprint density at radius 3 is 3.19 bits per heavy atom. The van der Waals surface area contributed by atoms with Gasteiger partial charge in [0.2, 0.25) is 6.41 Å². The minimum atomic E-state index is -2.42. The number of nitrogens with one attached hydrogen (secondary N) is 1. The van der Waals surface area contributed by atoms with E-state index in [0.717, 1.165) is 4.68 Å². The van der Waals surface area contributed by atoms with Crippen LogP contribution in [-0.2, 0) is 16.5 Å². The predicted octanol–water partition coefficient (Wildman–Crippen LogP) is 0.545. The van der Waals surface area contributed by atoms with Crippen molar-refractivity contribution >= 4 is 12.1 Å². The maximum absolute atomic E-state index is 10.5. The minimum Gasteiger partial charge on any atom is -0.466 e. The predicted molar refractivity (Wildman–Crippen MR) is 57.3 cm³/mol. The first kappa shape index (κ1) is 7.67. The number of rotatable bonds is 4. The first-order chi connectivity index (χ1) is 8.74. The average molecular weight is 228 g/mol. The van der Waals surface area contributed by atoms with Crippen molar-refractivity contribution in [1.82, 2.24) is 9.78 Å². The molecular formula is C10H15N3O3. The average Bonchev–Trinajstić information content (AvgIpc) is 2.68. The lowest BCUT2D eigenvalue weighted by Crippen LogP contribution is -2.56. The van der Waals surface area contributed by atoms with E-state index in [1.807, 2.05) is 13.8 Å². The molecule has 1 amide bonds. The molecule has 6 nitrogen and oxygen atoms in total. The monoisotopic (exact) mass is 228 g/mol. The molecule has 1 N–H and O–H groups in total. The fourth-order valence-corrected chi connectivity index (χ4v) is 1.40. The third-order valence-electron chi connectivity index (χ3n) is 2.53. The van der Waals surface area contributed by atoms with Gasteiger partial charge in [0, 0.05) is 11.1 Å². The molecule has 1 aromatic heterocycles. The normalized spacial score (nSPS) is 25.9. The van der Waals surface area contributed by atoms with Crippen molar-refractivity contribution in [3.63, 3.8) is 0 Å². The molecule has 1 unspecified atom stereocenters. The molecule has 2 heterocycles. The van der Waals surface area contributed by atoms with Crippen molar-refractivity contribution in [2.45, 2.75) is 25.6 Å². The highest BCUT2D eigenvalue weighted by atomic mass is 16.6. The van der Waals surface area contributed by atoms with Gasteiger partial charge in [-0.25, -0.2) is 0 Å². The van der Waals surface area contributed by atoms with Crippen LogP contribution in [0.25, 0.3) is 0 Å². The number of aromatic nitrogens is 2. The van der Waals surface area contributed by atoms with Crippen LogP contribution in [0.3, 0.4) is 0 Å². The van der Waals surface area contributed by atoms with Crippen molar-refractivity contribution in [1.29, 1.82) is 0 Å². The summed E-state index contributed by atoms with van der Waals surface area (Å²) in [5.41, 5.74) is -0.240. The number of hydrogen-bond donors (Lipinski definition) is 1. The Balaban J connectivity index is 2.23. The van der Waals surface area contributed by atoms with Gasteiger partial charge in [-0.1, -0.05) is 0 Å². The maximum Gasteiger partial charge on any atom is 0.257 e. The molecule has 1 atom stereocenters. The molecule has 0 radical (unpaired) electrons. The van der Waals surface area contributed by atoms with Crippen LogP contribution in [0.5, 0.6) is 5.88 Å². The fourth-order valence-electron chi connectivity index (χ4n) is 1.40. The van der Waals surface area contributed by atoms with Crippen LogP contribution < -0.4 is 10.1 Å². The van der Waals surface area contributed by atoms with Gasteiger partial charge in [0.1, 0.15) is 11.3 Å². The lowest BCUT2D eigenvalue weighted by Gasteiger charge is -2.43. The SMILES string of the molecule is [2H]C([2H])([2H])n1cc(NC=O)c(OC2COC2(C)C)n1. The summed E-state index contributed by atoms with van der Waals surface area (Å²) < 4.78 is 33.5. The van der Waals surface area contributed by atoms with Crippen molar-refractivity contribution in [2.24, 2.45) is 6.98 Å². The second-order valence-corrected chi connectivity index (χ2v) is 4.08. The molecule has 0 aromatic carbocycles. The van der Waals surface area contributed by atoms with Gasteiger partial charge >= 0.3 is 0 Å². The molecule has 6 heteroatoms. The number of amides is 1. The standard InChI is InChI=1S/C10H15N3O3/c1-10(2)8(5-15-10)16-9-7(11-6-14)4-13(3)12-9/h4,6,8H,5H2,1-3H3,(H,11,14)/i3D3. The topological polar surface area (TPSA) is 65.4 Å². The Labute approximate surface area is 97.7 Å². The van der Waals surface area contributed by atoms with Crippen LogP contribution in [0, 0.1) is 0 Å². The molecule has 0 bridgehead atoms. The molecule has 0 saturated carbocycles. The first-order valence-corrected chi connectivity index (χ1v) is 4.85. The lowest BCUT2D eigenvalue weighted by atomic mass is 9.96. The van der Waals surface area contributed by atoms with Crippen molar-refractivity contribution in [2.75, 3.05) is 11.9 Å². The highest BCUT2D eigenvalue weighted by Crippen LogP contribution is 2.32. The van der Waals surface area contributed by atoms with Crippen LogP contribution in [0.2, 0.25) is 0 Å². The van der Waals surface area contributed by atoms with Crippen LogP contribution >= 0.6 is 0 Å². The Hall–Kier alpha value is -1.56. The zero-order valence-corrected chi connectivity index (χ0v) is 9.06. The summed E-state index contributed by atoms with van der Waals surface area (Å²) in [5, 5.41) is 6.21. The van der Waals surface area contributed by atoms with Gasteiger partial charge in [-0.15, -0.1) is 5.10 Å². The summed E-state index contributed by atoms with van der Waals surface area (Å²) >= 11 is 0. The third kappa shape index (κ3) is 1.88. The number of hydrogen-bond acceptors (Lipinski definition) is 4. The Morgan fingerprint density at radius 1 is 1.88 bits per heavy atom. The molecule has 1 saturated heterocycles. The van der Waals surface area contributed by atoms with Gasteiger partial charge < -0.3 is 14.8 Å². The molecule has 0 spiro atoms. The number of carbonyl (C=O) groups is 1. The lowest BCUT2D eigenvalue weighted by molar-refractivity contribution is -0.208. The van der Waals surface area contributed by atoms with E-state index in [1.54, 1.807) is 0 Å². The molecule has 1 aliphatic heterocycles. The summed E-state index contributed by atoms with van der Waals surface area (Å²) in [4.78, 5) is 10.5. The van der Waals surface area contributed by atoms with Gasteiger partial charge in [-0.05, 0) is 13.8 Å². The van der Waals surface area contributed by atoms with E-state index in [4.69, 9.17) is 13.6 Å². The van der Waals surface area contributed by atoms with Gasteiger partial charge in [0.15, 0.2) is 6.10 Å². The van der Waals surface area contributed by atoms with E-state index >= 15 is 0 Å². The number of nitrogens with zero attached hydrogens (tertiary/aromatic N) is 2. The molecule has 16 heavy (non-hydrogen) atoms. The number of ether oxygens (including phenoxy) is 2. The Kier molecular flexibility index (Phi) is 1.81. The van der Waals surface area contributed by atoms with Crippen LogP contribution in [-0.4, -0.2) is 34.5 Å². The number of anilines is 1. The number of carbonyl (C=O) groups excluding carboxylic acids is 1. The second-order valence-electron chi connectivity index (χ2n) is 4.08. The van der Waals surface area contributed by atoms with Gasteiger partial charge in [0.25, 0.3) is 5.88 Å². The molecular weight excluding hydrogens is 210 g/mol. The second kappa shape index (κ2) is 3.79. The van der Waals surface area contributed by atoms with Gasteiger partial charge in [-0.3, -0.25) is 9.48 Å². The zero-order chi connectivity index (χ0) is 14.3. The minimum absolute atomic E-state index is 0.0737. The molecule has 2 rings (SSSR count). The van der Waals surface area contributed by atoms with Crippen LogP contribution in [0.15, 0.2) is 6.20 Å². The quantitative estimate of drug-likeness (QED) is 0.764. The summed E-state index contributed by atoms with van der Waals surface area (Å²) in [5.74, 6) is 0.0737. The van der Waals surface area contributed by atoms with Crippen LogP contribution in [0.1, 0.15) is 18.0 Å². The molecule has 88 valence electrons. The zero-order valence-electron chi connectivity index (χ0n) is 12.1. The van der Waals surface area contributed by atoms with E-state index in [9.17, 15) is 4.79 Å². The van der Waals surface area contributed by atoms with E-state index in [-0.39, 0.29) is 17.7 Å². The molecule has 1 aliphatic rings. The molecule has 1 aromatic rings. The van der Waals surface area contributed by atoms with Crippen molar-refractivity contribution in [3.05, 3.63) is 6.20 Å². The summed E-state index contributed by atoms with van der Waals surface area (Å²) in [6, 6.07) is 0. The summed E-state index contributed by atoms with van der Waals surface area (Å²) in [6.45, 7) is 1.68. The van der Waals surface area contributed by atoms with Crippen molar-refractivity contribution < 1.29 is 18.4 Å². The highest BCUT2D eigenvalue weighted by molar-refractivity contribution is 5.73. The first-order valence-electron chi connectivity index (χ1n) is 6.35. The van der Waals surface area contributed by atoms with E-state index in [2.05, 4.69) is 10.4 Å². The van der Waals surface area contributed by atoms with Gasteiger partial charge in [0.05, 0.1) is 12.8 Å². The van der Waals surface area contributed by atoms with E-state index < -0.39 is 12.6 Å². The van der Waals surface area contributed by atoms with E-state index in [1.165, 1.54) is 6.20 Å². The smallest absolute Gasteiger partial charge is 0.257 e. The van der Waals surface area contributed by atoms with Crippen molar-refractivity contribution in [3.8, 4) is 5.88 Å². The summed E-state index contributed by atoms with van der Waals surface area (Å²) in [6.07, 6.45) is 1.42.